The number of amides is 2. The summed E-state index contributed by atoms with van der Waals surface area (Å²) in [5.74, 6) is -1.29. The van der Waals surface area contributed by atoms with Crippen molar-refractivity contribution in [2.75, 3.05) is 20.1 Å². The highest BCUT2D eigenvalue weighted by molar-refractivity contribution is 6.31. The Morgan fingerprint density at radius 1 is 1.43 bits per heavy atom. The Morgan fingerprint density at radius 2 is 2.14 bits per heavy atom. The Balaban J connectivity index is 1.99. The average molecular weight is 311 g/mol. The molecule has 0 bridgehead atoms. The van der Waals surface area contributed by atoms with Crippen LogP contribution in [0.3, 0.4) is 0 Å². The van der Waals surface area contributed by atoms with E-state index in [0.29, 0.717) is 24.5 Å². The molecule has 0 radical (unpaired) electrons. The minimum absolute atomic E-state index is 0.152. The largest absolute Gasteiger partial charge is 0.481 e. The van der Waals surface area contributed by atoms with Gasteiger partial charge in [-0.1, -0.05) is 29.8 Å². The van der Waals surface area contributed by atoms with Gasteiger partial charge in [0.25, 0.3) is 0 Å². The molecule has 1 aliphatic rings. The Labute approximate surface area is 129 Å². The van der Waals surface area contributed by atoms with Gasteiger partial charge in [0.05, 0.1) is 5.92 Å². The molecule has 5 nitrogen and oxygen atoms in total. The van der Waals surface area contributed by atoms with Crippen molar-refractivity contribution in [1.29, 1.82) is 0 Å². The second-order valence-electron chi connectivity index (χ2n) is 5.35. The molecule has 114 valence electrons. The maximum absolute atomic E-state index is 12.4. The van der Waals surface area contributed by atoms with Crippen LogP contribution in [0.5, 0.6) is 0 Å². The van der Waals surface area contributed by atoms with Gasteiger partial charge in [-0.15, -0.1) is 0 Å². The molecular formula is C15H19ClN2O3. The first-order chi connectivity index (χ1) is 9.99. The van der Waals surface area contributed by atoms with Gasteiger partial charge in [0.1, 0.15) is 0 Å². The predicted molar refractivity (Wildman–Crippen MR) is 80.2 cm³/mol. The van der Waals surface area contributed by atoms with Gasteiger partial charge < -0.3 is 14.9 Å². The highest BCUT2D eigenvalue weighted by Crippen LogP contribution is 2.20. The SMILES string of the molecule is CN(Cc1ccccc1Cl)C(=O)N1CCC[C@@H](C(=O)O)C1. The molecule has 0 aromatic heterocycles. The Bertz CT molecular complexity index is 535. The molecule has 2 rings (SSSR count). The summed E-state index contributed by atoms with van der Waals surface area (Å²) in [4.78, 5) is 26.6. The van der Waals surface area contributed by atoms with Gasteiger partial charge in [0, 0.05) is 31.7 Å². The van der Waals surface area contributed by atoms with Crippen LogP contribution in [0.15, 0.2) is 24.3 Å². The molecule has 0 spiro atoms. The highest BCUT2D eigenvalue weighted by atomic mass is 35.5. The summed E-state index contributed by atoms with van der Waals surface area (Å²) >= 11 is 6.09. The summed E-state index contributed by atoms with van der Waals surface area (Å²) in [6.45, 7) is 1.29. The summed E-state index contributed by atoms with van der Waals surface area (Å²) in [6.07, 6.45) is 1.36. The van der Waals surface area contributed by atoms with Crippen LogP contribution in [0.1, 0.15) is 18.4 Å². The molecule has 1 saturated heterocycles. The van der Waals surface area contributed by atoms with Crippen LogP contribution >= 0.6 is 11.6 Å². The van der Waals surface area contributed by atoms with Gasteiger partial charge in [-0.25, -0.2) is 4.79 Å². The number of likely N-dealkylation sites (tertiary alicyclic amines) is 1. The van der Waals surface area contributed by atoms with Crippen molar-refractivity contribution < 1.29 is 14.7 Å². The third-order valence-electron chi connectivity index (χ3n) is 3.73. The second-order valence-corrected chi connectivity index (χ2v) is 5.76. The number of urea groups is 1. The van der Waals surface area contributed by atoms with Crippen LogP contribution in [0.25, 0.3) is 0 Å². The molecule has 1 aromatic carbocycles. The normalized spacial score (nSPS) is 18.4. The molecular weight excluding hydrogens is 292 g/mol. The van der Waals surface area contributed by atoms with Crippen molar-refractivity contribution >= 4 is 23.6 Å². The van der Waals surface area contributed by atoms with Crippen molar-refractivity contribution in [2.45, 2.75) is 19.4 Å². The van der Waals surface area contributed by atoms with Crippen molar-refractivity contribution in [2.24, 2.45) is 5.92 Å². The number of carboxylic acid groups (broad SMARTS) is 1. The molecule has 0 unspecified atom stereocenters. The van der Waals surface area contributed by atoms with Gasteiger partial charge in [-0.3, -0.25) is 4.79 Å². The summed E-state index contributed by atoms with van der Waals surface area (Å²) in [5.41, 5.74) is 0.877. The fraction of sp³-hybridized carbons (Fsp3) is 0.467. The van der Waals surface area contributed by atoms with E-state index in [9.17, 15) is 9.59 Å². The number of carbonyl (C=O) groups is 2. The van der Waals surface area contributed by atoms with Gasteiger partial charge in [-0.05, 0) is 24.5 Å². The molecule has 2 amide bonds. The lowest BCUT2D eigenvalue weighted by Crippen LogP contribution is -2.47. The minimum Gasteiger partial charge on any atom is -0.481 e. The highest BCUT2D eigenvalue weighted by Gasteiger charge is 2.29. The van der Waals surface area contributed by atoms with Gasteiger partial charge in [0.2, 0.25) is 0 Å². The van der Waals surface area contributed by atoms with E-state index in [1.54, 1.807) is 22.9 Å². The number of rotatable bonds is 3. The number of nitrogens with zero attached hydrogens (tertiary/aromatic N) is 2. The molecule has 21 heavy (non-hydrogen) atoms. The molecule has 1 heterocycles. The van der Waals surface area contributed by atoms with Gasteiger partial charge in [-0.2, -0.15) is 0 Å². The number of aliphatic carboxylic acids is 1. The maximum Gasteiger partial charge on any atom is 0.320 e. The van der Waals surface area contributed by atoms with E-state index in [0.717, 1.165) is 12.0 Å². The number of benzene rings is 1. The summed E-state index contributed by atoms with van der Waals surface area (Å²) in [7, 11) is 1.70. The van der Waals surface area contributed by atoms with Crippen LogP contribution in [0.2, 0.25) is 5.02 Å². The molecule has 6 heteroatoms. The molecule has 0 saturated carbocycles. The Hall–Kier alpha value is -1.75. The van der Waals surface area contributed by atoms with E-state index in [1.165, 1.54) is 0 Å². The second kappa shape index (κ2) is 6.80. The van der Waals surface area contributed by atoms with E-state index in [-0.39, 0.29) is 12.6 Å². The predicted octanol–water partition coefficient (Wildman–Crippen LogP) is 2.69. The van der Waals surface area contributed by atoms with Crippen LogP contribution < -0.4 is 0 Å². The molecule has 1 aliphatic heterocycles. The summed E-state index contributed by atoms with van der Waals surface area (Å²) in [5, 5.41) is 9.70. The third kappa shape index (κ3) is 3.88. The maximum atomic E-state index is 12.4. The van der Waals surface area contributed by atoms with E-state index >= 15 is 0 Å². The molecule has 1 N–H and O–H groups in total. The van der Waals surface area contributed by atoms with Gasteiger partial charge >= 0.3 is 12.0 Å². The van der Waals surface area contributed by atoms with Crippen molar-refractivity contribution in [3.8, 4) is 0 Å². The van der Waals surface area contributed by atoms with Crippen LogP contribution in [0.4, 0.5) is 4.79 Å². The third-order valence-corrected chi connectivity index (χ3v) is 4.10. The van der Waals surface area contributed by atoms with Crippen molar-refractivity contribution in [3.63, 3.8) is 0 Å². The van der Waals surface area contributed by atoms with E-state index in [1.807, 2.05) is 18.2 Å². The fourth-order valence-corrected chi connectivity index (χ4v) is 2.74. The van der Waals surface area contributed by atoms with Crippen LogP contribution in [-0.2, 0) is 11.3 Å². The lowest BCUT2D eigenvalue weighted by atomic mass is 9.99. The lowest BCUT2D eigenvalue weighted by Gasteiger charge is -2.33. The van der Waals surface area contributed by atoms with Gasteiger partial charge in [0.15, 0.2) is 0 Å². The van der Waals surface area contributed by atoms with E-state index in [2.05, 4.69) is 0 Å². The molecule has 1 aromatic rings. The van der Waals surface area contributed by atoms with Crippen LogP contribution in [-0.4, -0.2) is 47.0 Å². The monoisotopic (exact) mass is 310 g/mol. The average Bonchev–Trinajstić information content (AvgIpc) is 2.49. The summed E-state index contributed by atoms with van der Waals surface area (Å²) in [6, 6.07) is 7.23. The zero-order valence-corrected chi connectivity index (χ0v) is 12.7. The number of carboxylic acids is 1. The summed E-state index contributed by atoms with van der Waals surface area (Å²) < 4.78 is 0. The lowest BCUT2D eigenvalue weighted by molar-refractivity contribution is -0.143. The number of hydrogen-bond donors (Lipinski definition) is 1. The number of hydrogen-bond acceptors (Lipinski definition) is 2. The quantitative estimate of drug-likeness (QED) is 0.933. The van der Waals surface area contributed by atoms with E-state index in [4.69, 9.17) is 16.7 Å². The first-order valence-electron chi connectivity index (χ1n) is 6.95. The number of piperidine rings is 1. The zero-order valence-electron chi connectivity index (χ0n) is 12.0. The van der Waals surface area contributed by atoms with E-state index < -0.39 is 11.9 Å². The first kappa shape index (κ1) is 15.6. The van der Waals surface area contributed by atoms with Crippen LogP contribution in [0, 0.1) is 5.92 Å². The smallest absolute Gasteiger partial charge is 0.320 e. The Morgan fingerprint density at radius 3 is 2.81 bits per heavy atom. The topological polar surface area (TPSA) is 60.9 Å². The van der Waals surface area contributed by atoms with Crippen molar-refractivity contribution in [1.82, 2.24) is 9.80 Å². The molecule has 1 atom stereocenters. The number of carbonyl (C=O) groups excluding carboxylic acids is 1. The molecule has 0 aliphatic carbocycles. The molecule has 1 fully saturated rings. The number of halogens is 1. The first-order valence-corrected chi connectivity index (χ1v) is 7.33. The Kier molecular flexibility index (Phi) is 5.07. The fourth-order valence-electron chi connectivity index (χ4n) is 2.54. The zero-order chi connectivity index (χ0) is 15.4. The van der Waals surface area contributed by atoms with Crippen molar-refractivity contribution in [3.05, 3.63) is 34.9 Å². The standard InChI is InChI=1S/C15H19ClN2O3/c1-17(9-11-5-2-3-7-13(11)16)15(21)18-8-4-6-12(10-18)14(19)20/h2-3,5,7,12H,4,6,8-10H2,1H3,(H,19,20)/t12-/m1/s1. The minimum atomic E-state index is -0.832.